The number of phenolic OH excluding ortho intramolecular Hbond substituents is 1. The number of aromatic amines is 1. The maximum atomic E-state index is 13.6. The molecule has 3 aliphatic rings. The minimum Gasteiger partial charge on any atom is -0.506 e. The van der Waals surface area contributed by atoms with Gasteiger partial charge in [-0.2, -0.15) is 0 Å². The Labute approximate surface area is 325 Å². The molecule has 6 heterocycles. The number of carbonyl (C=O) groups excluding carboxylic acids is 2. The topological polar surface area (TPSA) is 186 Å². The van der Waals surface area contributed by atoms with Crippen molar-refractivity contribution in [3.05, 3.63) is 120 Å². The summed E-state index contributed by atoms with van der Waals surface area (Å²) < 4.78 is 12.8. The van der Waals surface area contributed by atoms with Crippen LogP contribution in [0.15, 0.2) is 88.4 Å². The largest absolute Gasteiger partial charge is 0.506 e. The van der Waals surface area contributed by atoms with Crippen LogP contribution in [0.2, 0.25) is 0 Å². The second-order valence-corrected chi connectivity index (χ2v) is 16.7. The fourth-order valence-electron chi connectivity index (χ4n) is 8.53. The first-order valence-corrected chi connectivity index (χ1v) is 20.2. The number of H-pyrrole nitrogens is 1. The number of amides is 2. The first-order valence-electron chi connectivity index (χ1n) is 18.4. The molecule has 5 atom stereocenters. The van der Waals surface area contributed by atoms with Crippen molar-refractivity contribution in [1.82, 2.24) is 20.9 Å². The monoisotopic (exact) mass is 786 g/mol. The fraction of sp³-hybridized carbons (Fsp3) is 0.375. The van der Waals surface area contributed by atoms with E-state index in [1.807, 2.05) is 47.2 Å². The van der Waals surface area contributed by atoms with Crippen LogP contribution < -0.4 is 21.5 Å². The molecule has 0 saturated carbocycles. The van der Waals surface area contributed by atoms with Gasteiger partial charge in [0.1, 0.15) is 36.1 Å². The number of quaternary nitrogens is 1. The SMILES string of the molecule is C[N+]1(CCNC(=O)NCc2cccc(CNC[C@H](O)c3ccc(O)c4[nH]c(=O)ccc34)c2)C2CC(OC(=O)C(O)(c3cccs3)c3cccs3)CC1C1OC12. The second-order valence-electron chi connectivity index (χ2n) is 14.8. The van der Waals surface area contributed by atoms with Crippen molar-refractivity contribution in [2.75, 3.05) is 26.7 Å². The predicted octanol–water partition coefficient (Wildman–Crippen LogP) is 3.59. The molecule has 55 heavy (non-hydrogen) atoms. The number of aromatic nitrogens is 1. The van der Waals surface area contributed by atoms with E-state index in [2.05, 4.69) is 28.0 Å². The minimum atomic E-state index is -1.84. The van der Waals surface area contributed by atoms with E-state index >= 15 is 0 Å². The van der Waals surface area contributed by atoms with Gasteiger partial charge in [-0.3, -0.25) is 4.79 Å². The van der Waals surface area contributed by atoms with Gasteiger partial charge in [0.25, 0.3) is 0 Å². The molecule has 7 N–H and O–H groups in total. The van der Waals surface area contributed by atoms with Gasteiger partial charge in [0.15, 0.2) is 0 Å². The highest BCUT2D eigenvalue weighted by molar-refractivity contribution is 7.12. The van der Waals surface area contributed by atoms with Crippen LogP contribution in [0, 0.1) is 0 Å². The first-order chi connectivity index (χ1) is 26.5. The lowest BCUT2D eigenvalue weighted by Gasteiger charge is -2.48. The van der Waals surface area contributed by atoms with Crippen molar-refractivity contribution in [3.8, 4) is 5.75 Å². The highest BCUT2D eigenvalue weighted by Gasteiger charge is 2.72. The van der Waals surface area contributed by atoms with E-state index < -0.39 is 17.7 Å². The summed E-state index contributed by atoms with van der Waals surface area (Å²) in [6.07, 6.45) is 0.241. The number of rotatable bonds is 14. The van der Waals surface area contributed by atoms with E-state index in [0.29, 0.717) is 59.7 Å². The number of phenols is 1. The van der Waals surface area contributed by atoms with Crippen molar-refractivity contribution in [2.45, 2.75) is 68.0 Å². The van der Waals surface area contributed by atoms with Crippen molar-refractivity contribution in [2.24, 2.45) is 0 Å². The quantitative estimate of drug-likeness (QED) is 0.0502. The molecule has 13 nitrogen and oxygen atoms in total. The average molecular weight is 787 g/mol. The van der Waals surface area contributed by atoms with Crippen LogP contribution in [0.4, 0.5) is 4.79 Å². The number of likely N-dealkylation sites (N-methyl/N-ethyl adjacent to an activating group) is 1. The van der Waals surface area contributed by atoms with E-state index in [9.17, 15) is 29.7 Å². The number of hydrogen-bond donors (Lipinski definition) is 7. The number of ether oxygens (including phenoxy) is 2. The summed E-state index contributed by atoms with van der Waals surface area (Å²) in [4.78, 5) is 41.9. The van der Waals surface area contributed by atoms with E-state index in [1.54, 1.807) is 24.3 Å². The van der Waals surface area contributed by atoms with E-state index in [0.717, 1.165) is 15.6 Å². The minimum absolute atomic E-state index is 0.0577. The molecule has 2 bridgehead atoms. The molecule has 5 aromatic rings. The van der Waals surface area contributed by atoms with E-state index in [4.69, 9.17) is 9.47 Å². The summed E-state index contributed by atoms with van der Waals surface area (Å²) in [6.45, 7) is 2.24. The Morgan fingerprint density at radius 2 is 1.65 bits per heavy atom. The van der Waals surface area contributed by atoms with Crippen LogP contribution in [0.25, 0.3) is 10.9 Å². The number of aliphatic hydroxyl groups is 2. The average Bonchev–Trinajstić information content (AvgIpc) is 3.46. The van der Waals surface area contributed by atoms with Gasteiger partial charge < -0.3 is 50.2 Å². The normalized spacial score (nSPS) is 24.6. The molecule has 2 aromatic carbocycles. The zero-order chi connectivity index (χ0) is 38.3. The molecule has 2 amide bonds. The van der Waals surface area contributed by atoms with E-state index in [1.165, 1.54) is 34.8 Å². The molecular formula is C40H44N5O8S2+. The van der Waals surface area contributed by atoms with E-state index in [-0.39, 0.29) is 59.8 Å². The number of hydrogen-bond acceptors (Lipinski definition) is 11. The first kappa shape index (κ1) is 37.3. The van der Waals surface area contributed by atoms with Crippen LogP contribution in [0.3, 0.4) is 0 Å². The molecule has 0 spiro atoms. The Bertz CT molecular complexity index is 2180. The van der Waals surface area contributed by atoms with Crippen molar-refractivity contribution >= 4 is 45.6 Å². The lowest BCUT2D eigenvalue weighted by Crippen LogP contribution is -2.64. The third-order valence-electron chi connectivity index (χ3n) is 11.4. The van der Waals surface area contributed by atoms with Crippen LogP contribution in [0.5, 0.6) is 5.75 Å². The number of thiophene rings is 2. The van der Waals surface area contributed by atoms with Crippen molar-refractivity contribution in [3.63, 3.8) is 0 Å². The summed E-state index contributed by atoms with van der Waals surface area (Å²) >= 11 is 2.65. The van der Waals surface area contributed by atoms with Gasteiger partial charge in [-0.05, 0) is 51.7 Å². The summed E-state index contributed by atoms with van der Waals surface area (Å²) in [7, 11) is 2.20. The van der Waals surface area contributed by atoms with Gasteiger partial charge in [0, 0.05) is 43.9 Å². The standard InChI is InChI=1S/C40H43N5O8S2/c1-45(28-18-25(19-29(45)37-36(28)53-37)52-38(49)40(51,32-7-3-15-54-32)33-8-4-16-55-33)14-13-42-39(50)43-21-24-6-2-5-23(17-24)20-41-22-31(47)26-9-11-30(46)35-27(26)10-12-34(48)44-35/h2-12,15-17,25,28-29,31,36-37,41,47,51H,13-14,18-22H2,1H3,(H3-,42,43,44,46,48,50)/p+1/t25?,28?,29?,31-,36?,37?,45?/m0/s1. The van der Waals surface area contributed by atoms with Gasteiger partial charge in [-0.1, -0.05) is 42.5 Å². The Balaban J connectivity index is 0.798. The number of urea groups is 1. The molecular weight excluding hydrogens is 743 g/mol. The third kappa shape index (κ3) is 7.29. The molecule has 0 aliphatic carbocycles. The van der Waals surface area contributed by atoms with Crippen LogP contribution in [0.1, 0.15) is 45.4 Å². The number of morpholine rings is 1. The van der Waals surface area contributed by atoms with Gasteiger partial charge in [0.2, 0.25) is 11.2 Å². The third-order valence-corrected chi connectivity index (χ3v) is 13.4. The molecule has 4 unspecified atom stereocenters. The summed E-state index contributed by atoms with van der Waals surface area (Å²) in [6, 6.07) is 21.0. The Morgan fingerprint density at radius 3 is 2.33 bits per heavy atom. The molecule has 3 aliphatic heterocycles. The van der Waals surface area contributed by atoms with Gasteiger partial charge in [-0.25, -0.2) is 9.59 Å². The number of pyridine rings is 1. The second kappa shape index (κ2) is 15.1. The fourth-order valence-corrected chi connectivity index (χ4v) is 10.2. The van der Waals surface area contributed by atoms with Gasteiger partial charge >= 0.3 is 12.0 Å². The number of piperidine rings is 1. The van der Waals surface area contributed by atoms with Gasteiger partial charge in [-0.15, -0.1) is 22.7 Å². The zero-order valence-corrected chi connectivity index (χ0v) is 31.8. The zero-order valence-electron chi connectivity index (χ0n) is 30.1. The number of aliphatic hydroxyl groups excluding tert-OH is 1. The highest BCUT2D eigenvalue weighted by atomic mass is 32.1. The summed E-state index contributed by atoms with van der Waals surface area (Å²) in [5.41, 5.74) is 0.619. The van der Waals surface area contributed by atoms with Crippen molar-refractivity contribution < 1.29 is 38.9 Å². The molecule has 3 saturated heterocycles. The Hall–Kier alpha value is -4.61. The number of nitrogens with zero attached hydrogens (tertiary/aromatic N) is 1. The van der Waals surface area contributed by atoms with Crippen molar-refractivity contribution in [1.29, 1.82) is 0 Å². The molecule has 3 aromatic heterocycles. The number of carbonyl (C=O) groups is 2. The number of nitrogens with one attached hydrogen (secondary N) is 4. The summed E-state index contributed by atoms with van der Waals surface area (Å²) in [5.74, 6) is -0.705. The Kier molecular flexibility index (Phi) is 10.3. The number of benzene rings is 2. The predicted molar refractivity (Wildman–Crippen MR) is 208 cm³/mol. The number of aromatic hydroxyl groups is 1. The number of fused-ring (bicyclic) bond motifs is 6. The molecule has 8 rings (SSSR count). The van der Waals surface area contributed by atoms with Gasteiger partial charge in [0.05, 0.1) is 41.5 Å². The Morgan fingerprint density at radius 1 is 0.964 bits per heavy atom. The van der Waals surface area contributed by atoms with Crippen LogP contribution in [-0.4, -0.2) is 93.9 Å². The lowest BCUT2D eigenvalue weighted by atomic mass is 9.94. The molecule has 0 radical (unpaired) electrons. The highest BCUT2D eigenvalue weighted by Crippen LogP contribution is 2.53. The molecule has 15 heteroatoms. The lowest BCUT2D eigenvalue weighted by molar-refractivity contribution is -0.955. The maximum Gasteiger partial charge on any atom is 0.349 e. The number of esters is 1. The number of epoxide rings is 1. The van der Waals surface area contributed by atoms with Crippen LogP contribution >= 0.6 is 22.7 Å². The summed E-state index contributed by atoms with van der Waals surface area (Å²) in [5, 5.41) is 46.2. The smallest absolute Gasteiger partial charge is 0.349 e. The van der Waals surface area contributed by atoms with Crippen LogP contribution in [-0.2, 0) is 33.0 Å². The molecule has 3 fully saturated rings. The maximum absolute atomic E-state index is 13.6. The molecule has 288 valence electrons.